The molecule has 0 saturated heterocycles. The Hall–Kier alpha value is -0.200. The van der Waals surface area contributed by atoms with Crippen molar-refractivity contribution in [2.24, 2.45) is 5.73 Å². The van der Waals surface area contributed by atoms with Gasteiger partial charge in [0.25, 0.3) is 0 Å². The van der Waals surface area contributed by atoms with Crippen molar-refractivity contribution in [3.63, 3.8) is 0 Å². The third-order valence-corrected chi connectivity index (χ3v) is 2.19. The van der Waals surface area contributed by atoms with E-state index in [0.717, 1.165) is 30.9 Å². The summed E-state index contributed by atoms with van der Waals surface area (Å²) in [5, 5.41) is 8.19. The number of thioether (sulfide) groups is 1. The average molecular weight is 158 g/mol. The zero-order valence-electron chi connectivity index (χ0n) is 6.18. The molecule has 0 fully saturated rings. The lowest BCUT2D eigenvalue weighted by Crippen LogP contribution is -2.01. The van der Waals surface area contributed by atoms with E-state index in [-0.39, 0.29) is 0 Å². The van der Waals surface area contributed by atoms with Crippen LogP contribution in [0.5, 0.6) is 0 Å². The van der Waals surface area contributed by atoms with E-state index in [1.165, 1.54) is 0 Å². The van der Waals surface area contributed by atoms with Crippen molar-refractivity contribution in [3.8, 4) is 6.07 Å². The molecule has 0 saturated carbocycles. The molecule has 0 rings (SSSR count). The molecule has 2 N–H and O–H groups in total. The zero-order chi connectivity index (χ0) is 7.66. The molecule has 0 heterocycles. The third kappa shape index (κ3) is 7.80. The molecule has 0 aromatic carbocycles. The number of hydrogen-bond donors (Lipinski definition) is 1. The number of unbranched alkanes of at least 4 members (excludes halogenated alkanes) is 2. The molecule has 58 valence electrons. The van der Waals surface area contributed by atoms with E-state index in [1.54, 1.807) is 0 Å². The fourth-order valence-corrected chi connectivity index (χ4v) is 1.37. The van der Waals surface area contributed by atoms with Gasteiger partial charge in [-0.2, -0.15) is 17.0 Å². The molecule has 0 aromatic heterocycles. The van der Waals surface area contributed by atoms with Crippen molar-refractivity contribution in [3.05, 3.63) is 0 Å². The monoisotopic (exact) mass is 158 g/mol. The van der Waals surface area contributed by atoms with Crippen molar-refractivity contribution in [2.45, 2.75) is 19.3 Å². The van der Waals surface area contributed by atoms with Crippen LogP contribution in [0.1, 0.15) is 19.3 Å². The van der Waals surface area contributed by atoms with Crippen molar-refractivity contribution >= 4 is 11.8 Å². The lowest BCUT2D eigenvalue weighted by Gasteiger charge is -1.95. The van der Waals surface area contributed by atoms with Crippen molar-refractivity contribution in [2.75, 3.05) is 18.1 Å². The molecule has 0 radical (unpaired) electrons. The van der Waals surface area contributed by atoms with Gasteiger partial charge in [0.15, 0.2) is 0 Å². The van der Waals surface area contributed by atoms with Gasteiger partial charge in [0.05, 0.1) is 6.07 Å². The van der Waals surface area contributed by atoms with E-state index < -0.39 is 0 Å². The van der Waals surface area contributed by atoms with E-state index in [1.807, 2.05) is 11.8 Å². The fourth-order valence-electron chi connectivity index (χ4n) is 0.594. The number of nitrogens with two attached hydrogens (primary N) is 1. The standard InChI is InChI=1S/C7H14N2S/c8-4-2-1-3-6-10-7-5-9/h1-3,5-7,9H2. The number of nitriles is 1. The van der Waals surface area contributed by atoms with Gasteiger partial charge in [0, 0.05) is 18.7 Å². The van der Waals surface area contributed by atoms with E-state index in [2.05, 4.69) is 6.07 Å². The number of rotatable bonds is 6. The Morgan fingerprint density at radius 1 is 1.30 bits per heavy atom. The molecule has 0 unspecified atom stereocenters. The van der Waals surface area contributed by atoms with Crippen LogP contribution in [0, 0.1) is 11.3 Å². The van der Waals surface area contributed by atoms with Gasteiger partial charge in [-0.15, -0.1) is 0 Å². The topological polar surface area (TPSA) is 49.8 Å². The van der Waals surface area contributed by atoms with Crippen LogP contribution >= 0.6 is 11.8 Å². The zero-order valence-corrected chi connectivity index (χ0v) is 6.99. The molecule has 2 nitrogen and oxygen atoms in total. The Kier molecular flexibility index (Phi) is 8.62. The molecule has 0 atom stereocenters. The molecule has 0 aromatic rings. The normalized spacial score (nSPS) is 9.20. The quantitative estimate of drug-likeness (QED) is 0.594. The van der Waals surface area contributed by atoms with Crippen LogP contribution < -0.4 is 5.73 Å². The molecular weight excluding hydrogens is 144 g/mol. The first kappa shape index (κ1) is 9.80. The Labute approximate surface area is 66.8 Å². The maximum atomic E-state index is 8.19. The number of nitrogens with zero attached hydrogens (tertiary/aromatic N) is 1. The summed E-state index contributed by atoms with van der Waals surface area (Å²) in [5.41, 5.74) is 5.30. The summed E-state index contributed by atoms with van der Waals surface area (Å²) in [6.45, 7) is 0.767. The fraction of sp³-hybridized carbons (Fsp3) is 0.857. The Morgan fingerprint density at radius 2 is 2.10 bits per heavy atom. The van der Waals surface area contributed by atoms with Gasteiger partial charge in [-0.05, 0) is 18.6 Å². The van der Waals surface area contributed by atoms with Crippen LogP contribution in [-0.2, 0) is 0 Å². The lowest BCUT2D eigenvalue weighted by atomic mass is 10.3. The van der Waals surface area contributed by atoms with Crippen molar-refractivity contribution < 1.29 is 0 Å². The second kappa shape index (κ2) is 8.80. The Bertz CT molecular complexity index is 98.3. The second-order valence-corrected chi connectivity index (χ2v) is 3.24. The largest absolute Gasteiger partial charge is 0.330 e. The molecule has 0 bridgehead atoms. The molecule has 0 spiro atoms. The summed E-state index contributed by atoms with van der Waals surface area (Å²) in [6.07, 6.45) is 2.88. The number of hydrogen-bond acceptors (Lipinski definition) is 3. The minimum Gasteiger partial charge on any atom is -0.330 e. The van der Waals surface area contributed by atoms with Crippen molar-refractivity contribution in [1.29, 1.82) is 5.26 Å². The Balaban J connectivity index is 2.72. The van der Waals surface area contributed by atoms with Crippen molar-refractivity contribution in [1.82, 2.24) is 0 Å². The highest BCUT2D eigenvalue weighted by atomic mass is 32.2. The summed E-state index contributed by atoms with van der Waals surface area (Å²) in [7, 11) is 0. The predicted molar refractivity (Wildman–Crippen MR) is 45.8 cm³/mol. The van der Waals surface area contributed by atoms with Gasteiger partial charge < -0.3 is 5.73 Å². The average Bonchev–Trinajstić information content (AvgIpc) is 1.97. The van der Waals surface area contributed by atoms with Gasteiger partial charge in [0.1, 0.15) is 0 Å². The minimum absolute atomic E-state index is 0.698. The first-order chi connectivity index (χ1) is 4.91. The van der Waals surface area contributed by atoms with Crippen LogP contribution in [-0.4, -0.2) is 18.1 Å². The molecule has 0 amide bonds. The van der Waals surface area contributed by atoms with Gasteiger partial charge in [-0.3, -0.25) is 0 Å². The van der Waals surface area contributed by atoms with Gasteiger partial charge in [-0.1, -0.05) is 0 Å². The smallest absolute Gasteiger partial charge is 0.0621 e. The molecule has 10 heavy (non-hydrogen) atoms. The predicted octanol–water partition coefficient (Wildman–Crippen LogP) is 1.37. The van der Waals surface area contributed by atoms with E-state index in [4.69, 9.17) is 11.0 Å². The maximum absolute atomic E-state index is 8.19. The van der Waals surface area contributed by atoms with Crippen LogP contribution in [0.25, 0.3) is 0 Å². The van der Waals surface area contributed by atoms with Crippen LogP contribution in [0.4, 0.5) is 0 Å². The molecular formula is C7H14N2S. The SMILES string of the molecule is N#CCCCCSCCN. The van der Waals surface area contributed by atoms with Crippen LogP contribution in [0.15, 0.2) is 0 Å². The first-order valence-corrected chi connectivity index (χ1v) is 4.72. The van der Waals surface area contributed by atoms with Gasteiger partial charge in [-0.25, -0.2) is 0 Å². The van der Waals surface area contributed by atoms with Crippen LogP contribution in [0.3, 0.4) is 0 Å². The van der Waals surface area contributed by atoms with Crippen LogP contribution in [0.2, 0.25) is 0 Å². The highest BCUT2D eigenvalue weighted by Crippen LogP contribution is 2.04. The highest BCUT2D eigenvalue weighted by Gasteiger charge is 1.87. The summed E-state index contributed by atoms with van der Waals surface area (Å²) >= 11 is 1.87. The summed E-state index contributed by atoms with van der Waals surface area (Å²) < 4.78 is 0. The molecule has 3 heteroatoms. The maximum Gasteiger partial charge on any atom is 0.0621 e. The third-order valence-electron chi connectivity index (χ3n) is 1.09. The highest BCUT2D eigenvalue weighted by molar-refractivity contribution is 7.99. The van der Waals surface area contributed by atoms with Gasteiger partial charge in [0.2, 0.25) is 0 Å². The lowest BCUT2D eigenvalue weighted by molar-refractivity contribution is 0.830. The first-order valence-electron chi connectivity index (χ1n) is 3.56. The second-order valence-electron chi connectivity index (χ2n) is 2.02. The van der Waals surface area contributed by atoms with E-state index >= 15 is 0 Å². The summed E-state index contributed by atoms with van der Waals surface area (Å²) in [4.78, 5) is 0. The summed E-state index contributed by atoms with van der Waals surface area (Å²) in [6, 6.07) is 2.12. The van der Waals surface area contributed by atoms with E-state index in [9.17, 15) is 0 Å². The molecule has 0 aliphatic heterocycles. The van der Waals surface area contributed by atoms with E-state index in [0.29, 0.717) is 6.42 Å². The molecule has 0 aliphatic carbocycles. The summed E-state index contributed by atoms with van der Waals surface area (Å²) in [5.74, 6) is 2.20. The Morgan fingerprint density at radius 3 is 2.70 bits per heavy atom. The minimum atomic E-state index is 0.698. The van der Waals surface area contributed by atoms with Gasteiger partial charge >= 0.3 is 0 Å². The molecule has 0 aliphatic rings.